The summed E-state index contributed by atoms with van der Waals surface area (Å²) >= 11 is 0. The second-order valence-electron chi connectivity index (χ2n) is 7.16. The number of nitrogens with one attached hydrogen (secondary N) is 2. The number of aliphatic imine (C=N–C) groups is 1. The molecule has 2 rings (SSSR count). The van der Waals surface area contributed by atoms with Gasteiger partial charge in [0.2, 0.25) is 0 Å². The van der Waals surface area contributed by atoms with Gasteiger partial charge in [0.05, 0.1) is 25.4 Å². The molecule has 1 aliphatic rings. The molecular formula is C21H36FN5O2. The summed E-state index contributed by atoms with van der Waals surface area (Å²) in [6.45, 7) is 9.46. The van der Waals surface area contributed by atoms with Crippen LogP contribution in [0.15, 0.2) is 23.2 Å². The van der Waals surface area contributed by atoms with Crippen LogP contribution in [-0.4, -0.2) is 84.1 Å². The maximum Gasteiger partial charge on any atom is 0.191 e. The Balaban J connectivity index is 1.84. The number of nitrogens with zero attached hydrogens (tertiary/aromatic N) is 3. The number of ether oxygens (including phenoxy) is 2. The van der Waals surface area contributed by atoms with E-state index in [1.165, 1.54) is 0 Å². The Labute approximate surface area is 174 Å². The van der Waals surface area contributed by atoms with E-state index in [9.17, 15) is 4.39 Å². The van der Waals surface area contributed by atoms with Crippen molar-refractivity contribution in [2.45, 2.75) is 19.9 Å². The van der Waals surface area contributed by atoms with E-state index in [0.717, 1.165) is 63.8 Å². The number of morpholine rings is 1. The first-order valence-corrected chi connectivity index (χ1v) is 10.4. The Morgan fingerprint density at radius 2 is 2.07 bits per heavy atom. The summed E-state index contributed by atoms with van der Waals surface area (Å²) in [5.74, 6) is 0.547. The van der Waals surface area contributed by atoms with Gasteiger partial charge in [0, 0.05) is 53.0 Å². The number of hydrogen-bond acceptors (Lipinski definition) is 5. The van der Waals surface area contributed by atoms with Gasteiger partial charge < -0.3 is 29.9 Å². The molecule has 0 unspecified atom stereocenters. The van der Waals surface area contributed by atoms with Crippen LogP contribution in [0.4, 0.5) is 10.1 Å². The summed E-state index contributed by atoms with van der Waals surface area (Å²) in [6, 6.07) is 5.38. The van der Waals surface area contributed by atoms with E-state index >= 15 is 0 Å². The average molecular weight is 410 g/mol. The number of hydrogen-bond donors (Lipinski definition) is 2. The molecule has 1 heterocycles. The minimum absolute atomic E-state index is 0.199. The van der Waals surface area contributed by atoms with E-state index in [2.05, 4.69) is 27.6 Å². The SMILES string of the molecule is CCNC(=NCc1ccc(N2CCOCC2)c(F)c1)NCCN(C)CCCOC. The van der Waals surface area contributed by atoms with Gasteiger partial charge in [0.25, 0.3) is 0 Å². The molecule has 0 radical (unpaired) electrons. The quantitative estimate of drug-likeness (QED) is 0.330. The van der Waals surface area contributed by atoms with Crippen LogP contribution in [0.1, 0.15) is 18.9 Å². The molecule has 8 heteroatoms. The molecule has 0 atom stereocenters. The fourth-order valence-electron chi connectivity index (χ4n) is 3.18. The fourth-order valence-corrected chi connectivity index (χ4v) is 3.18. The van der Waals surface area contributed by atoms with Gasteiger partial charge in [-0.1, -0.05) is 6.07 Å². The monoisotopic (exact) mass is 409 g/mol. The van der Waals surface area contributed by atoms with Crippen LogP contribution in [0.3, 0.4) is 0 Å². The maximum absolute atomic E-state index is 14.5. The molecule has 29 heavy (non-hydrogen) atoms. The second-order valence-corrected chi connectivity index (χ2v) is 7.16. The molecule has 1 saturated heterocycles. The lowest BCUT2D eigenvalue weighted by Crippen LogP contribution is -2.41. The van der Waals surface area contributed by atoms with Crippen molar-refractivity contribution in [2.75, 3.05) is 78.1 Å². The van der Waals surface area contributed by atoms with Gasteiger partial charge in [0.15, 0.2) is 5.96 Å². The normalized spacial score (nSPS) is 15.1. The summed E-state index contributed by atoms with van der Waals surface area (Å²) in [5.41, 5.74) is 1.50. The zero-order valence-corrected chi connectivity index (χ0v) is 18.0. The lowest BCUT2D eigenvalue weighted by atomic mass is 10.1. The number of guanidine groups is 1. The largest absolute Gasteiger partial charge is 0.385 e. The van der Waals surface area contributed by atoms with Gasteiger partial charge in [-0.05, 0) is 38.1 Å². The van der Waals surface area contributed by atoms with E-state index in [1.54, 1.807) is 13.2 Å². The van der Waals surface area contributed by atoms with Crippen molar-refractivity contribution in [3.05, 3.63) is 29.6 Å². The molecule has 1 fully saturated rings. The highest BCUT2D eigenvalue weighted by molar-refractivity contribution is 5.79. The molecule has 0 aliphatic carbocycles. The molecule has 0 spiro atoms. The van der Waals surface area contributed by atoms with Gasteiger partial charge in [-0.2, -0.15) is 0 Å². The lowest BCUT2D eigenvalue weighted by molar-refractivity contribution is 0.122. The molecule has 1 aliphatic heterocycles. The fraction of sp³-hybridized carbons (Fsp3) is 0.667. The first-order chi connectivity index (χ1) is 14.1. The van der Waals surface area contributed by atoms with Crippen LogP contribution in [-0.2, 0) is 16.0 Å². The predicted octanol–water partition coefficient (Wildman–Crippen LogP) is 1.69. The molecule has 1 aromatic carbocycles. The highest BCUT2D eigenvalue weighted by Gasteiger charge is 2.15. The van der Waals surface area contributed by atoms with E-state index < -0.39 is 0 Å². The molecule has 7 nitrogen and oxygen atoms in total. The standard InChI is InChI=1S/C21H36FN5O2/c1-4-23-21(24-8-10-26(2)9-5-13-28-3)25-17-18-6-7-20(19(22)16-18)27-11-14-29-15-12-27/h6-7,16H,4-5,8-15,17H2,1-3H3,(H2,23,24,25). The molecule has 0 bridgehead atoms. The summed E-state index contributed by atoms with van der Waals surface area (Å²) in [6.07, 6.45) is 1.02. The third-order valence-corrected chi connectivity index (χ3v) is 4.80. The van der Waals surface area contributed by atoms with Crippen LogP contribution < -0.4 is 15.5 Å². The van der Waals surface area contributed by atoms with Crippen molar-refractivity contribution in [3.63, 3.8) is 0 Å². The maximum atomic E-state index is 14.5. The van der Waals surface area contributed by atoms with Gasteiger partial charge >= 0.3 is 0 Å². The van der Waals surface area contributed by atoms with Crippen molar-refractivity contribution < 1.29 is 13.9 Å². The Morgan fingerprint density at radius 3 is 2.76 bits per heavy atom. The predicted molar refractivity (Wildman–Crippen MR) is 116 cm³/mol. The molecule has 164 valence electrons. The van der Waals surface area contributed by atoms with Crippen molar-refractivity contribution in [1.29, 1.82) is 0 Å². The number of anilines is 1. The highest BCUT2D eigenvalue weighted by atomic mass is 19.1. The van der Waals surface area contributed by atoms with Crippen LogP contribution in [0, 0.1) is 5.82 Å². The zero-order chi connectivity index (χ0) is 20.9. The average Bonchev–Trinajstić information content (AvgIpc) is 2.73. The number of benzene rings is 1. The molecule has 0 aromatic heterocycles. The zero-order valence-electron chi connectivity index (χ0n) is 18.0. The number of halogens is 1. The minimum Gasteiger partial charge on any atom is -0.385 e. The first-order valence-electron chi connectivity index (χ1n) is 10.4. The summed E-state index contributed by atoms with van der Waals surface area (Å²) in [7, 11) is 3.82. The van der Waals surface area contributed by atoms with Gasteiger partial charge in [-0.15, -0.1) is 0 Å². The topological polar surface area (TPSA) is 61.4 Å². The summed E-state index contributed by atoms with van der Waals surface area (Å²) in [4.78, 5) is 8.88. The van der Waals surface area contributed by atoms with E-state index in [0.29, 0.717) is 25.4 Å². The van der Waals surface area contributed by atoms with Crippen LogP contribution in [0.25, 0.3) is 0 Å². The first kappa shape index (κ1) is 23.4. The van der Waals surface area contributed by atoms with E-state index in [-0.39, 0.29) is 5.82 Å². The van der Waals surface area contributed by atoms with Crippen LogP contribution in [0.5, 0.6) is 0 Å². The Kier molecular flexibility index (Phi) is 10.8. The Bertz CT molecular complexity index is 623. The molecule has 0 saturated carbocycles. The molecular weight excluding hydrogens is 373 g/mol. The third kappa shape index (κ3) is 8.55. The summed E-state index contributed by atoms with van der Waals surface area (Å²) in [5, 5.41) is 6.58. The molecule has 1 aromatic rings. The second kappa shape index (κ2) is 13.3. The third-order valence-electron chi connectivity index (χ3n) is 4.80. The number of rotatable bonds is 11. The highest BCUT2D eigenvalue weighted by Crippen LogP contribution is 2.21. The minimum atomic E-state index is -0.199. The van der Waals surface area contributed by atoms with Gasteiger partial charge in [0.1, 0.15) is 5.82 Å². The van der Waals surface area contributed by atoms with Crippen molar-refractivity contribution in [3.8, 4) is 0 Å². The Hall–Kier alpha value is -1.90. The van der Waals surface area contributed by atoms with Gasteiger partial charge in [-0.3, -0.25) is 0 Å². The van der Waals surface area contributed by atoms with E-state index in [4.69, 9.17) is 9.47 Å². The number of methoxy groups -OCH3 is 1. The van der Waals surface area contributed by atoms with E-state index in [1.807, 2.05) is 24.0 Å². The van der Waals surface area contributed by atoms with Gasteiger partial charge in [-0.25, -0.2) is 9.38 Å². The lowest BCUT2D eigenvalue weighted by Gasteiger charge is -2.29. The smallest absolute Gasteiger partial charge is 0.191 e. The molecule has 2 N–H and O–H groups in total. The number of likely N-dealkylation sites (N-methyl/N-ethyl adjacent to an activating group) is 1. The van der Waals surface area contributed by atoms with Crippen molar-refractivity contribution >= 4 is 11.6 Å². The summed E-state index contributed by atoms with van der Waals surface area (Å²) < 4.78 is 25.0. The van der Waals surface area contributed by atoms with Crippen molar-refractivity contribution in [1.82, 2.24) is 15.5 Å². The molecule has 0 amide bonds. The Morgan fingerprint density at radius 1 is 1.28 bits per heavy atom. The van der Waals surface area contributed by atoms with Crippen LogP contribution in [0.2, 0.25) is 0 Å². The van der Waals surface area contributed by atoms with Crippen LogP contribution >= 0.6 is 0 Å². The van der Waals surface area contributed by atoms with Crippen molar-refractivity contribution in [2.24, 2.45) is 4.99 Å².